The molecular formula is C11H13N3O5S. The van der Waals surface area contributed by atoms with Crippen molar-refractivity contribution in [3.63, 3.8) is 0 Å². The molecule has 1 aliphatic heterocycles. The molecule has 1 aromatic heterocycles. The van der Waals surface area contributed by atoms with Gasteiger partial charge in [0.2, 0.25) is 15.9 Å². The number of carboxylic acid groups (broad SMARTS) is 1. The van der Waals surface area contributed by atoms with Crippen molar-refractivity contribution in [1.29, 1.82) is 0 Å². The second-order valence-corrected chi connectivity index (χ2v) is 6.10. The first-order chi connectivity index (χ1) is 9.43. The fraction of sp³-hybridized carbons (Fsp3) is 0.364. The Balaban J connectivity index is 2.37. The Labute approximate surface area is 115 Å². The van der Waals surface area contributed by atoms with E-state index in [9.17, 15) is 18.0 Å². The number of aliphatic carboxylic acids is 1. The Bertz CT molecular complexity index is 616. The number of hydrogen-bond acceptors (Lipinski definition) is 5. The summed E-state index contributed by atoms with van der Waals surface area (Å²) in [6.07, 6.45) is 2.02. The van der Waals surface area contributed by atoms with E-state index < -0.39 is 34.4 Å². The van der Waals surface area contributed by atoms with E-state index >= 15 is 0 Å². The van der Waals surface area contributed by atoms with Gasteiger partial charge in [-0.1, -0.05) is 0 Å². The predicted molar refractivity (Wildman–Crippen MR) is 67.2 cm³/mol. The smallest absolute Gasteiger partial charge is 0.305 e. The average molecular weight is 299 g/mol. The number of pyridine rings is 1. The highest BCUT2D eigenvalue weighted by molar-refractivity contribution is 7.89. The topological polar surface area (TPSA) is 117 Å². The maximum absolute atomic E-state index is 12.4. The maximum atomic E-state index is 12.4. The Hall–Kier alpha value is -2.00. The van der Waals surface area contributed by atoms with Crippen molar-refractivity contribution in [3.8, 4) is 0 Å². The van der Waals surface area contributed by atoms with Crippen LogP contribution in [0, 0.1) is 0 Å². The zero-order valence-corrected chi connectivity index (χ0v) is 11.2. The number of sulfonamides is 1. The molecule has 2 N–H and O–H groups in total. The number of nitrogens with one attached hydrogen (secondary N) is 1. The van der Waals surface area contributed by atoms with Crippen LogP contribution in [0.2, 0.25) is 0 Å². The molecule has 0 aromatic carbocycles. The molecule has 0 spiro atoms. The van der Waals surface area contributed by atoms with Gasteiger partial charge in [-0.2, -0.15) is 4.31 Å². The standard InChI is InChI=1S/C11H13N3O5S/c15-10(16)6-9-11(17)13-4-5-14(9)20(18,19)8-2-1-3-12-7-8/h1-3,7,9H,4-6H2,(H,13,17)(H,15,16). The van der Waals surface area contributed by atoms with Crippen LogP contribution in [-0.4, -0.2) is 53.8 Å². The van der Waals surface area contributed by atoms with Crippen LogP contribution >= 0.6 is 0 Å². The number of nitrogens with zero attached hydrogens (tertiary/aromatic N) is 2. The van der Waals surface area contributed by atoms with Gasteiger partial charge >= 0.3 is 5.97 Å². The van der Waals surface area contributed by atoms with E-state index in [2.05, 4.69) is 10.3 Å². The van der Waals surface area contributed by atoms with Gasteiger partial charge < -0.3 is 10.4 Å². The molecule has 0 aliphatic carbocycles. The van der Waals surface area contributed by atoms with Gasteiger partial charge in [-0.05, 0) is 12.1 Å². The highest BCUT2D eigenvalue weighted by Crippen LogP contribution is 2.20. The molecule has 0 radical (unpaired) electrons. The third-order valence-corrected chi connectivity index (χ3v) is 4.78. The fourth-order valence-electron chi connectivity index (χ4n) is 1.98. The SMILES string of the molecule is O=C(O)CC1C(=O)NCCN1S(=O)(=O)c1cccnc1. The van der Waals surface area contributed by atoms with Crippen molar-refractivity contribution >= 4 is 21.9 Å². The number of piperazine rings is 1. The molecule has 2 heterocycles. The van der Waals surface area contributed by atoms with Gasteiger partial charge in [0.15, 0.2) is 0 Å². The Morgan fingerprint density at radius 3 is 2.90 bits per heavy atom. The quantitative estimate of drug-likeness (QED) is 0.740. The number of carbonyl (C=O) groups is 2. The summed E-state index contributed by atoms with van der Waals surface area (Å²) in [7, 11) is -3.94. The first kappa shape index (κ1) is 14.4. The van der Waals surface area contributed by atoms with Crippen molar-refractivity contribution in [2.75, 3.05) is 13.1 Å². The first-order valence-corrected chi connectivity index (χ1v) is 7.28. The van der Waals surface area contributed by atoms with Crippen LogP contribution in [0.15, 0.2) is 29.4 Å². The molecule has 2 rings (SSSR count). The van der Waals surface area contributed by atoms with Gasteiger partial charge in [0.05, 0.1) is 6.42 Å². The number of hydrogen-bond donors (Lipinski definition) is 2. The van der Waals surface area contributed by atoms with E-state index in [1.807, 2.05) is 0 Å². The van der Waals surface area contributed by atoms with E-state index in [0.717, 1.165) is 4.31 Å². The third kappa shape index (κ3) is 2.78. The van der Waals surface area contributed by atoms with Gasteiger partial charge in [0.1, 0.15) is 10.9 Å². The highest BCUT2D eigenvalue weighted by atomic mass is 32.2. The second-order valence-electron chi connectivity index (χ2n) is 4.21. The molecule has 0 bridgehead atoms. The molecule has 20 heavy (non-hydrogen) atoms. The zero-order valence-electron chi connectivity index (χ0n) is 10.4. The summed E-state index contributed by atoms with van der Waals surface area (Å²) in [4.78, 5) is 26.2. The molecule has 1 amide bonds. The molecule has 0 saturated carbocycles. The number of rotatable bonds is 4. The summed E-state index contributed by atoms with van der Waals surface area (Å²) in [5, 5.41) is 11.3. The first-order valence-electron chi connectivity index (χ1n) is 5.84. The van der Waals surface area contributed by atoms with Crippen LogP contribution in [0.5, 0.6) is 0 Å². The molecule has 1 saturated heterocycles. The van der Waals surface area contributed by atoms with Gasteiger partial charge in [0.25, 0.3) is 0 Å². The lowest BCUT2D eigenvalue weighted by molar-refractivity contribution is -0.141. The molecular weight excluding hydrogens is 286 g/mol. The average Bonchev–Trinajstić information content (AvgIpc) is 2.41. The second kappa shape index (κ2) is 5.55. The number of aromatic nitrogens is 1. The van der Waals surface area contributed by atoms with Crippen LogP contribution < -0.4 is 5.32 Å². The monoisotopic (exact) mass is 299 g/mol. The summed E-state index contributed by atoms with van der Waals surface area (Å²) < 4.78 is 25.8. The van der Waals surface area contributed by atoms with Gasteiger partial charge in [0, 0.05) is 25.5 Å². The largest absolute Gasteiger partial charge is 0.481 e. The van der Waals surface area contributed by atoms with Crippen LogP contribution in [0.1, 0.15) is 6.42 Å². The summed E-state index contributed by atoms with van der Waals surface area (Å²) in [6.45, 7) is 0.176. The van der Waals surface area contributed by atoms with E-state index in [-0.39, 0.29) is 18.0 Å². The minimum Gasteiger partial charge on any atom is -0.481 e. The maximum Gasteiger partial charge on any atom is 0.305 e. The molecule has 9 heteroatoms. The fourth-order valence-corrected chi connectivity index (χ4v) is 3.53. The summed E-state index contributed by atoms with van der Waals surface area (Å²) in [5.41, 5.74) is 0. The normalized spacial score (nSPS) is 20.4. The Kier molecular flexibility index (Phi) is 4.00. The molecule has 108 valence electrons. The van der Waals surface area contributed by atoms with Gasteiger partial charge in [-0.25, -0.2) is 8.42 Å². The third-order valence-electron chi connectivity index (χ3n) is 2.89. The van der Waals surface area contributed by atoms with Crippen molar-refractivity contribution < 1.29 is 23.1 Å². The van der Waals surface area contributed by atoms with Crippen LogP contribution in [0.25, 0.3) is 0 Å². The van der Waals surface area contributed by atoms with Crippen molar-refractivity contribution in [1.82, 2.24) is 14.6 Å². The van der Waals surface area contributed by atoms with E-state index in [1.54, 1.807) is 0 Å². The summed E-state index contributed by atoms with van der Waals surface area (Å²) in [5.74, 6) is -1.84. The lowest BCUT2D eigenvalue weighted by Crippen LogP contribution is -2.57. The Morgan fingerprint density at radius 1 is 1.55 bits per heavy atom. The highest BCUT2D eigenvalue weighted by Gasteiger charge is 2.39. The van der Waals surface area contributed by atoms with Crippen LogP contribution in [0.3, 0.4) is 0 Å². The Morgan fingerprint density at radius 2 is 2.30 bits per heavy atom. The lowest BCUT2D eigenvalue weighted by atomic mass is 10.1. The van der Waals surface area contributed by atoms with Crippen molar-refractivity contribution in [2.45, 2.75) is 17.4 Å². The summed E-state index contributed by atoms with van der Waals surface area (Å²) >= 11 is 0. The molecule has 1 fully saturated rings. The minimum absolute atomic E-state index is 0.0287. The predicted octanol–water partition coefficient (Wildman–Crippen LogP) is -0.955. The van der Waals surface area contributed by atoms with Gasteiger partial charge in [-0.15, -0.1) is 0 Å². The molecule has 8 nitrogen and oxygen atoms in total. The van der Waals surface area contributed by atoms with E-state index in [4.69, 9.17) is 5.11 Å². The van der Waals surface area contributed by atoms with E-state index in [0.29, 0.717) is 0 Å². The van der Waals surface area contributed by atoms with Gasteiger partial charge in [-0.3, -0.25) is 14.6 Å². The number of amides is 1. The van der Waals surface area contributed by atoms with Crippen molar-refractivity contribution in [2.24, 2.45) is 0 Å². The zero-order chi connectivity index (χ0) is 14.8. The molecule has 1 atom stereocenters. The molecule has 1 aromatic rings. The molecule has 1 aliphatic rings. The summed E-state index contributed by atoms with van der Waals surface area (Å²) in [6, 6.07) is 1.57. The van der Waals surface area contributed by atoms with Crippen LogP contribution in [-0.2, 0) is 19.6 Å². The minimum atomic E-state index is -3.94. The lowest BCUT2D eigenvalue weighted by Gasteiger charge is -2.33. The van der Waals surface area contributed by atoms with E-state index in [1.165, 1.54) is 24.5 Å². The molecule has 1 unspecified atom stereocenters. The number of carbonyl (C=O) groups excluding carboxylic acids is 1. The van der Waals surface area contributed by atoms with Crippen LogP contribution in [0.4, 0.5) is 0 Å². The van der Waals surface area contributed by atoms with Crippen molar-refractivity contribution in [3.05, 3.63) is 24.5 Å². The number of carboxylic acids is 1.